The lowest BCUT2D eigenvalue weighted by atomic mass is 10.00. The summed E-state index contributed by atoms with van der Waals surface area (Å²) < 4.78 is 17.6. The van der Waals surface area contributed by atoms with Gasteiger partial charge in [-0.25, -0.2) is 4.98 Å². The van der Waals surface area contributed by atoms with Crippen LogP contribution in [0.1, 0.15) is 35.3 Å². The molecule has 3 heterocycles. The van der Waals surface area contributed by atoms with Crippen LogP contribution in [0.2, 0.25) is 5.02 Å². The molecule has 5 aromatic rings. The van der Waals surface area contributed by atoms with Gasteiger partial charge in [0.2, 0.25) is 11.8 Å². The maximum atomic E-state index is 11.5. The molecule has 11 nitrogen and oxygen atoms in total. The molecule has 1 aliphatic heterocycles. The van der Waals surface area contributed by atoms with Gasteiger partial charge < -0.3 is 19.9 Å². The molecule has 2 aromatic heterocycles. The molecule has 0 spiro atoms. The second kappa shape index (κ2) is 15.0. The van der Waals surface area contributed by atoms with Gasteiger partial charge in [0.1, 0.15) is 23.1 Å². The predicted molar refractivity (Wildman–Crippen MR) is 191 cm³/mol. The highest BCUT2D eigenvalue weighted by Crippen LogP contribution is 2.43. The van der Waals surface area contributed by atoms with E-state index in [2.05, 4.69) is 25.8 Å². The lowest BCUT2D eigenvalue weighted by Gasteiger charge is -2.22. The van der Waals surface area contributed by atoms with Gasteiger partial charge in [-0.05, 0) is 73.9 Å². The van der Waals surface area contributed by atoms with Crippen molar-refractivity contribution >= 4 is 50.3 Å². The molecule has 13 heteroatoms. The Balaban J connectivity index is 0.000000188. The average molecular weight is 688 g/mol. The fourth-order valence-corrected chi connectivity index (χ4v) is 5.98. The quantitative estimate of drug-likeness (QED) is 0.195. The van der Waals surface area contributed by atoms with Gasteiger partial charge in [-0.3, -0.25) is 19.1 Å². The molecular weight excluding hydrogens is 650 g/mol. The van der Waals surface area contributed by atoms with Crippen LogP contribution in [-0.4, -0.2) is 74.5 Å². The molecule has 3 aromatic carbocycles. The van der Waals surface area contributed by atoms with Crippen LogP contribution >= 0.6 is 21.9 Å². The van der Waals surface area contributed by atoms with Crippen molar-refractivity contribution in [1.29, 1.82) is 0 Å². The third kappa shape index (κ3) is 8.38. The second-order valence-electron chi connectivity index (χ2n) is 11.5. The number of carbonyl (C=O) groups excluding carboxylic acids is 2. The molecule has 6 rings (SSSR count). The van der Waals surface area contributed by atoms with E-state index >= 15 is 0 Å². The summed E-state index contributed by atoms with van der Waals surface area (Å²) >= 11 is 6.02. The summed E-state index contributed by atoms with van der Waals surface area (Å²) in [5.41, 5.74) is 5.77. The number of halogens is 1. The Morgan fingerprint density at radius 3 is 2.46 bits per heavy atom. The van der Waals surface area contributed by atoms with Gasteiger partial charge in [-0.15, -0.1) is 20.5 Å². The number of ether oxygens (including phenoxy) is 1. The Bertz CT molecular complexity index is 1990. The fourth-order valence-electron chi connectivity index (χ4n) is 5.13. The number of fused-ring (bicyclic) bond motifs is 4. The van der Waals surface area contributed by atoms with E-state index in [9.17, 15) is 14.1 Å². The van der Waals surface area contributed by atoms with Gasteiger partial charge in [0.15, 0.2) is 5.82 Å². The molecule has 1 aliphatic rings. The predicted octanol–water partition coefficient (Wildman–Crippen LogP) is 5.51. The van der Waals surface area contributed by atoms with E-state index in [-0.39, 0.29) is 18.4 Å². The SMILES string of the molecule is CC(=O)NCC(=O)NCCc1ccc2ccc(S(C)(C)O)nc2c1.COc1ccc2c(c1)C(c1ccc(Cl)cc1)=NCc1nnc(C)n1-2. The zero-order valence-corrected chi connectivity index (χ0v) is 29.0. The topological polar surface area (TPSA) is 144 Å². The van der Waals surface area contributed by atoms with Crippen LogP contribution in [-0.2, 0) is 22.6 Å². The second-order valence-corrected chi connectivity index (χ2v) is 14.9. The van der Waals surface area contributed by atoms with E-state index in [0.29, 0.717) is 29.6 Å². The summed E-state index contributed by atoms with van der Waals surface area (Å²) in [6.45, 7) is 4.26. The van der Waals surface area contributed by atoms with Crippen molar-refractivity contribution in [2.75, 3.05) is 32.7 Å². The molecule has 0 aliphatic carbocycles. The Morgan fingerprint density at radius 1 is 1.00 bits per heavy atom. The third-order valence-electron chi connectivity index (χ3n) is 7.56. The molecule has 2 amide bonds. The summed E-state index contributed by atoms with van der Waals surface area (Å²) in [6.07, 6.45) is 4.24. The highest BCUT2D eigenvalue weighted by atomic mass is 35.5. The van der Waals surface area contributed by atoms with Crippen molar-refractivity contribution in [1.82, 2.24) is 30.4 Å². The number of nitrogens with zero attached hydrogens (tertiary/aromatic N) is 5. The van der Waals surface area contributed by atoms with Crippen LogP contribution in [0.5, 0.6) is 5.75 Å². The Labute approximate surface area is 286 Å². The van der Waals surface area contributed by atoms with E-state index in [1.165, 1.54) is 6.92 Å². The van der Waals surface area contributed by atoms with Gasteiger partial charge in [0.25, 0.3) is 0 Å². The largest absolute Gasteiger partial charge is 0.497 e. The number of rotatable bonds is 8. The lowest BCUT2D eigenvalue weighted by molar-refractivity contribution is -0.125. The summed E-state index contributed by atoms with van der Waals surface area (Å²) in [6, 6.07) is 23.4. The molecule has 3 N–H and O–H groups in total. The maximum Gasteiger partial charge on any atom is 0.239 e. The number of carbonyl (C=O) groups is 2. The summed E-state index contributed by atoms with van der Waals surface area (Å²) in [5.74, 6) is 2.00. The minimum atomic E-state index is -1.85. The monoisotopic (exact) mass is 687 g/mol. The molecule has 250 valence electrons. The van der Waals surface area contributed by atoms with Gasteiger partial charge in [0, 0.05) is 35.0 Å². The van der Waals surface area contributed by atoms with E-state index in [1.807, 2.05) is 84.3 Å². The zero-order valence-electron chi connectivity index (χ0n) is 27.5. The van der Waals surface area contributed by atoms with Gasteiger partial charge in [-0.2, -0.15) is 0 Å². The van der Waals surface area contributed by atoms with Crippen LogP contribution in [0.15, 0.2) is 82.8 Å². The van der Waals surface area contributed by atoms with Crippen LogP contribution in [0.3, 0.4) is 0 Å². The summed E-state index contributed by atoms with van der Waals surface area (Å²) in [5, 5.41) is 16.1. The van der Waals surface area contributed by atoms with Crippen molar-refractivity contribution in [2.45, 2.75) is 31.8 Å². The van der Waals surface area contributed by atoms with Gasteiger partial charge in [-0.1, -0.05) is 41.9 Å². The fraction of sp³-hybridized carbons (Fsp3) is 0.257. The number of pyridine rings is 1. The van der Waals surface area contributed by atoms with Gasteiger partial charge in [0.05, 0.1) is 30.6 Å². The van der Waals surface area contributed by atoms with Crippen LogP contribution in [0, 0.1) is 6.92 Å². The number of hydrogen-bond acceptors (Lipinski definition) is 8. The van der Waals surface area contributed by atoms with E-state index in [0.717, 1.165) is 56.4 Å². The number of benzene rings is 3. The maximum absolute atomic E-state index is 11.5. The van der Waals surface area contributed by atoms with E-state index < -0.39 is 10.3 Å². The van der Waals surface area contributed by atoms with Crippen molar-refractivity contribution in [3.63, 3.8) is 0 Å². The standard InChI is InChI=1S/C18H15ClN4O.C17H23N3O3S/c1-11-21-22-17-10-20-18(12-3-5-13(19)6-4-12)15-9-14(24-2)7-8-16(15)23(11)17;1-12(21)19-11-16(22)18-9-8-13-4-5-14-6-7-17(24(2,3)23)20-15(14)10-13/h3-9H,10H2,1-2H3;4-7,10,23H,8-9,11H2,1-3H3,(H,18,22)(H,19,21). The molecule has 0 unspecified atom stereocenters. The van der Waals surface area contributed by atoms with Gasteiger partial charge >= 0.3 is 0 Å². The molecule has 0 radical (unpaired) electrons. The zero-order chi connectivity index (χ0) is 34.4. The third-order valence-corrected chi connectivity index (χ3v) is 9.07. The first-order valence-electron chi connectivity index (χ1n) is 15.2. The smallest absolute Gasteiger partial charge is 0.239 e. The summed E-state index contributed by atoms with van der Waals surface area (Å²) in [7, 11) is -0.192. The Kier molecular flexibility index (Phi) is 10.8. The molecule has 48 heavy (non-hydrogen) atoms. The highest BCUT2D eigenvalue weighted by Gasteiger charge is 2.22. The minimum absolute atomic E-state index is 0.00761. The number of aromatic nitrogens is 4. The number of hydrogen-bond donors (Lipinski definition) is 3. The summed E-state index contributed by atoms with van der Waals surface area (Å²) in [4.78, 5) is 31.6. The number of amides is 2. The number of methoxy groups -OCH3 is 1. The van der Waals surface area contributed by atoms with Crippen LogP contribution in [0.25, 0.3) is 16.6 Å². The molecular formula is C35H38ClN7O4S. The minimum Gasteiger partial charge on any atom is -0.497 e. The van der Waals surface area contributed by atoms with Crippen molar-refractivity contribution in [3.05, 3.63) is 106 Å². The highest BCUT2D eigenvalue weighted by molar-refractivity contribution is 8.27. The molecule has 0 bridgehead atoms. The number of nitrogens with one attached hydrogen (secondary N) is 2. The van der Waals surface area contributed by atoms with E-state index in [1.54, 1.807) is 19.6 Å². The van der Waals surface area contributed by atoms with Crippen LogP contribution < -0.4 is 15.4 Å². The van der Waals surface area contributed by atoms with Crippen molar-refractivity contribution < 1.29 is 18.9 Å². The first kappa shape index (κ1) is 34.6. The van der Waals surface area contributed by atoms with E-state index in [4.69, 9.17) is 21.3 Å². The number of aliphatic imine (C=N–C) groups is 1. The lowest BCUT2D eigenvalue weighted by Crippen LogP contribution is -2.36. The van der Waals surface area contributed by atoms with Crippen LogP contribution in [0.4, 0.5) is 0 Å². The molecule has 0 fully saturated rings. The Hall–Kier alpha value is -4.78. The first-order chi connectivity index (χ1) is 22.9. The molecule has 0 saturated carbocycles. The van der Waals surface area contributed by atoms with Crippen molar-refractivity contribution in [3.8, 4) is 11.4 Å². The van der Waals surface area contributed by atoms with Crippen molar-refractivity contribution in [2.24, 2.45) is 4.99 Å². The average Bonchev–Trinajstić information content (AvgIpc) is 3.34. The Morgan fingerprint density at radius 2 is 1.75 bits per heavy atom. The molecule has 0 saturated heterocycles. The normalized spacial score (nSPS) is 12.4. The first-order valence-corrected chi connectivity index (χ1v) is 18.0. The molecule has 0 atom stereocenters. The number of aryl methyl sites for hydroxylation is 1.